The van der Waals surface area contributed by atoms with Crippen LogP contribution in [0.1, 0.15) is 18.1 Å². The van der Waals surface area contributed by atoms with E-state index < -0.39 is 0 Å². The molecule has 0 aliphatic carbocycles. The van der Waals surface area contributed by atoms with Gasteiger partial charge in [0.1, 0.15) is 11.5 Å². The quantitative estimate of drug-likeness (QED) is 0.569. The molecule has 0 atom stereocenters. The summed E-state index contributed by atoms with van der Waals surface area (Å²) in [5.41, 5.74) is 2.34. The smallest absolute Gasteiger partial charge is 0.191 e. The van der Waals surface area contributed by atoms with E-state index >= 15 is 0 Å². The van der Waals surface area contributed by atoms with Gasteiger partial charge >= 0.3 is 0 Å². The molecule has 130 valence electrons. The second-order valence-corrected chi connectivity index (χ2v) is 5.96. The Kier molecular flexibility index (Phi) is 7.42. The van der Waals surface area contributed by atoms with Crippen LogP contribution in [0.25, 0.3) is 0 Å². The van der Waals surface area contributed by atoms with E-state index in [1.165, 1.54) is 5.56 Å². The Hall–Kier alpha value is -2.21. The summed E-state index contributed by atoms with van der Waals surface area (Å²) >= 11 is 1.69. The number of nitrogens with zero attached hydrogens (tertiary/aromatic N) is 1. The lowest BCUT2D eigenvalue weighted by Gasteiger charge is -2.13. The molecule has 2 N–H and O–H groups in total. The van der Waals surface area contributed by atoms with E-state index in [1.54, 1.807) is 25.6 Å². The van der Waals surface area contributed by atoms with Gasteiger partial charge in [-0.15, -0.1) is 0 Å². The fourth-order valence-corrected chi connectivity index (χ4v) is 2.95. The molecular formula is C18H25N3O2S. The Morgan fingerprint density at radius 2 is 2.04 bits per heavy atom. The van der Waals surface area contributed by atoms with E-state index in [2.05, 4.69) is 39.4 Å². The average Bonchev–Trinajstić information content (AvgIpc) is 3.13. The molecule has 2 rings (SSSR count). The topological polar surface area (TPSA) is 54.9 Å². The Balaban J connectivity index is 1.93. The van der Waals surface area contributed by atoms with Crippen molar-refractivity contribution in [2.45, 2.75) is 19.9 Å². The standard InChI is InChI=1S/C18H25N3O2S/c1-4-19-18(21-12-14-8-10-24-13-14)20-9-7-15-11-16(22-2)5-6-17(15)23-3/h5-6,8,10-11,13H,4,7,9,12H2,1-3H3,(H2,19,20,21). The number of hydrogen-bond acceptors (Lipinski definition) is 4. The van der Waals surface area contributed by atoms with Gasteiger partial charge in [0.25, 0.3) is 0 Å². The predicted octanol–water partition coefficient (Wildman–Crippen LogP) is 3.06. The number of benzene rings is 1. The fourth-order valence-electron chi connectivity index (χ4n) is 2.29. The number of hydrogen-bond donors (Lipinski definition) is 2. The molecule has 24 heavy (non-hydrogen) atoms. The summed E-state index contributed by atoms with van der Waals surface area (Å²) in [7, 11) is 3.36. The molecule has 0 amide bonds. The van der Waals surface area contributed by atoms with Gasteiger partial charge in [-0.05, 0) is 59.5 Å². The summed E-state index contributed by atoms with van der Waals surface area (Å²) in [6.45, 7) is 4.34. The maximum absolute atomic E-state index is 5.42. The number of rotatable bonds is 8. The molecule has 6 heteroatoms. The van der Waals surface area contributed by atoms with E-state index in [-0.39, 0.29) is 0 Å². The Bertz CT molecular complexity index is 642. The first-order chi connectivity index (χ1) is 11.8. The minimum Gasteiger partial charge on any atom is -0.497 e. The van der Waals surface area contributed by atoms with Gasteiger partial charge in [-0.3, -0.25) is 0 Å². The molecule has 0 saturated carbocycles. The van der Waals surface area contributed by atoms with Crippen molar-refractivity contribution < 1.29 is 9.47 Å². The number of guanidine groups is 1. The molecule has 0 aliphatic heterocycles. The van der Waals surface area contributed by atoms with E-state index in [1.807, 2.05) is 18.2 Å². The van der Waals surface area contributed by atoms with Gasteiger partial charge in [0.15, 0.2) is 5.96 Å². The molecule has 5 nitrogen and oxygen atoms in total. The van der Waals surface area contributed by atoms with Crippen LogP contribution in [0, 0.1) is 0 Å². The molecule has 0 radical (unpaired) electrons. The van der Waals surface area contributed by atoms with Crippen molar-refractivity contribution >= 4 is 17.3 Å². The van der Waals surface area contributed by atoms with Crippen LogP contribution >= 0.6 is 11.3 Å². The third kappa shape index (κ3) is 5.45. The Morgan fingerprint density at radius 1 is 1.17 bits per heavy atom. The van der Waals surface area contributed by atoms with Crippen LogP contribution in [-0.4, -0.2) is 33.3 Å². The predicted molar refractivity (Wildman–Crippen MR) is 100 cm³/mol. The van der Waals surface area contributed by atoms with Gasteiger partial charge in [0, 0.05) is 13.1 Å². The molecule has 1 heterocycles. The van der Waals surface area contributed by atoms with Crippen molar-refractivity contribution in [2.75, 3.05) is 27.3 Å². The van der Waals surface area contributed by atoms with Gasteiger partial charge in [-0.25, -0.2) is 4.99 Å². The summed E-state index contributed by atoms with van der Waals surface area (Å²) in [4.78, 5) is 4.61. The number of methoxy groups -OCH3 is 2. The third-order valence-corrected chi connectivity index (χ3v) is 4.25. The number of ether oxygens (including phenoxy) is 2. The van der Waals surface area contributed by atoms with Crippen LogP contribution in [0.15, 0.2) is 40.0 Å². The largest absolute Gasteiger partial charge is 0.497 e. The molecule has 1 aromatic heterocycles. The van der Waals surface area contributed by atoms with Crippen LogP contribution in [0.2, 0.25) is 0 Å². The zero-order valence-electron chi connectivity index (χ0n) is 14.5. The van der Waals surface area contributed by atoms with Crippen LogP contribution in [0.3, 0.4) is 0 Å². The van der Waals surface area contributed by atoms with Gasteiger partial charge in [0.2, 0.25) is 0 Å². The molecule has 1 aromatic carbocycles. The van der Waals surface area contributed by atoms with Gasteiger partial charge in [-0.2, -0.15) is 11.3 Å². The summed E-state index contributed by atoms with van der Waals surface area (Å²) in [6.07, 6.45) is 0.823. The highest BCUT2D eigenvalue weighted by Gasteiger charge is 2.06. The second-order valence-electron chi connectivity index (χ2n) is 5.18. The third-order valence-electron chi connectivity index (χ3n) is 3.52. The normalized spacial score (nSPS) is 11.2. The zero-order chi connectivity index (χ0) is 17.2. The monoisotopic (exact) mass is 347 g/mol. The SMILES string of the molecule is CCNC(=NCc1ccsc1)NCCc1cc(OC)ccc1OC. The minimum absolute atomic E-state index is 0.682. The van der Waals surface area contributed by atoms with Crippen molar-refractivity contribution in [2.24, 2.45) is 4.99 Å². The highest BCUT2D eigenvalue weighted by molar-refractivity contribution is 7.07. The van der Waals surface area contributed by atoms with Gasteiger partial charge in [-0.1, -0.05) is 0 Å². The molecule has 0 spiro atoms. The highest BCUT2D eigenvalue weighted by Crippen LogP contribution is 2.24. The van der Waals surface area contributed by atoms with Crippen molar-refractivity contribution in [1.82, 2.24) is 10.6 Å². The second kappa shape index (κ2) is 9.82. The Labute approximate surface area is 147 Å². The highest BCUT2D eigenvalue weighted by atomic mass is 32.1. The van der Waals surface area contributed by atoms with Gasteiger partial charge < -0.3 is 20.1 Å². The summed E-state index contributed by atoms with van der Waals surface area (Å²) in [6, 6.07) is 7.95. The van der Waals surface area contributed by atoms with E-state index in [4.69, 9.17) is 9.47 Å². The average molecular weight is 347 g/mol. The first kappa shape index (κ1) is 18.1. The summed E-state index contributed by atoms with van der Waals surface area (Å²) < 4.78 is 10.7. The zero-order valence-corrected chi connectivity index (χ0v) is 15.3. The lowest BCUT2D eigenvalue weighted by atomic mass is 10.1. The molecule has 0 fully saturated rings. The molecule has 0 aliphatic rings. The number of nitrogens with one attached hydrogen (secondary N) is 2. The van der Waals surface area contributed by atoms with Crippen molar-refractivity contribution in [1.29, 1.82) is 0 Å². The van der Waals surface area contributed by atoms with Crippen LogP contribution in [0.4, 0.5) is 0 Å². The molecule has 0 saturated heterocycles. The summed E-state index contributed by atoms with van der Waals surface area (Å²) in [5.74, 6) is 2.53. The van der Waals surface area contributed by atoms with E-state index in [0.29, 0.717) is 6.54 Å². The molecule has 2 aromatic rings. The van der Waals surface area contributed by atoms with Crippen molar-refractivity contribution in [3.63, 3.8) is 0 Å². The first-order valence-electron chi connectivity index (χ1n) is 8.01. The number of thiophene rings is 1. The fraction of sp³-hybridized carbons (Fsp3) is 0.389. The lowest BCUT2D eigenvalue weighted by Crippen LogP contribution is -2.38. The Morgan fingerprint density at radius 3 is 2.71 bits per heavy atom. The molecule has 0 unspecified atom stereocenters. The van der Waals surface area contributed by atoms with E-state index in [9.17, 15) is 0 Å². The maximum atomic E-state index is 5.42. The van der Waals surface area contributed by atoms with Crippen molar-refractivity contribution in [3.05, 3.63) is 46.2 Å². The minimum atomic E-state index is 0.682. The number of aliphatic imine (C=N–C) groups is 1. The molecular weight excluding hydrogens is 322 g/mol. The van der Waals surface area contributed by atoms with E-state index in [0.717, 1.165) is 42.5 Å². The first-order valence-corrected chi connectivity index (χ1v) is 8.95. The maximum Gasteiger partial charge on any atom is 0.191 e. The van der Waals surface area contributed by atoms with Crippen LogP contribution < -0.4 is 20.1 Å². The molecule has 0 bridgehead atoms. The van der Waals surface area contributed by atoms with Crippen LogP contribution in [-0.2, 0) is 13.0 Å². The van der Waals surface area contributed by atoms with Crippen LogP contribution in [0.5, 0.6) is 11.5 Å². The van der Waals surface area contributed by atoms with Gasteiger partial charge in [0.05, 0.1) is 20.8 Å². The summed E-state index contributed by atoms with van der Waals surface area (Å²) in [5, 5.41) is 10.8. The lowest BCUT2D eigenvalue weighted by molar-refractivity contribution is 0.398. The van der Waals surface area contributed by atoms with Crippen molar-refractivity contribution in [3.8, 4) is 11.5 Å².